The Kier molecular flexibility index (Phi) is 1.85. The van der Waals surface area contributed by atoms with Crippen molar-refractivity contribution in [2.24, 2.45) is 5.73 Å². The fraction of sp³-hybridized carbons (Fsp3) is 0.0909. The minimum atomic E-state index is -0.395. The number of hydrogen-bond acceptors (Lipinski definition) is 3. The van der Waals surface area contributed by atoms with Crippen LogP contribution in [0.3, 0.4) is 0 Å². The first-order chi connectivity index (χ1) is 7.66. The molecule has 5 heteroatoms. The minimum Gasteiger partial charge on any atom is -0.365 e. The van der Waals surface area contributed by atoms with Crippen LogP contribution in [0.4, 0.5) is 0 Å². The molecule has 1 aliphatic rings. The van der Waals surface area contributed by atoms with Gasteiger partial charge in [0.15, 0.2) is 0 Å². The molecule has 0 aromatic carbocycles. The van der Waals surface area contributed by atoms with Crippen LogP contribution < -0.4 is 5.73 Å². The van der Waals surface area contributed by atoms with E-state index in [-0.39, 0.29) is 0 Å². The van der Waals surface area contributed by atoms with E-state index in [2.05, 4.69) is 4.98 Å². The third-order valence-corrected chi connectivity index (χ3v) is 3.62. The maximum atomic E-state index is 11.2. The molecular formula is C11H9N3OS. The Morgan fingerprint density at radius 3 is 3.06 bits per heavy atom. The Morgan fingerprint density at radius 1 is 1.50 bits per heavy atom. The lowest BCUT2D eigenvalue weighted by atomic mass is 10.3. The summed E-state index contributed by atoms with van der Waals surface area (Å²) in [6, 6.07) is 5.83. The first-order valence-electron chi connectivity index (χ1n) is 4.84. The molecule has 0 saturated carbocycles. The molecular weight excluding hydrogens is 222 g/mol. The van der Waals surface area contributed by atoms with Crippen LogP contribution in [-0.2, 0) is 4.79 Å². The molecule has 4 nitrogen and oxygen atoms in total. The van der Waals surface area contributed by atoms with Gasteiger partial charge in [0.2, 0.25) is 0 Å². The van der Waals surface area contributed by atoms with Crippen LogP contribution in [0.5, 0.6) is 0 Å². The molecule has 0 saturated heterocycles. The molecule has 0 aliphatic carbocycles. The molecule has 0 spiro atoms. The lowest BCUT2D eigenvalue weighted by Gasteiger charge is -2.13. The summed E-state index contributed by atoms with van der Waals surface area (Å²) < 4.78 is 2.03. The van der Waals surface area contributed by atoms with Crippen LogP contribution in [0.2, 0.25) is 0 Å². The van der Waals surface area contributed by atoms with E-state index in [4.69, 9.17) is 5.73 Å². The van der Waals surface area contributed by atoms with E-state index in [0.29, 0.717) is 4.91 Å². The summed E-state index contributed by atoms with van der Waals surface area (Å²) >= 11 is 1.38. The lowest BCUT2D eigenvalue weighted by molar-refractivity contribution is -0.113. The lowest BCUT2D eigenvalue weighted by Crippen LogP contribution is -2.14. The highest BCUT2D eigenvalue weighted by molar-refractivity contribution is 8.04. The third kappa shape index (κ3) is 1.18. The van der Waals surface area contributed by atoms with Gasteiger partial charge in [0.05, 0.1) is 21.3 Å². The first kappa shape index (κ1) is 9.47. The summed E-state index contributed by atoms with van der Waals surface area (Å²) in [5, 5.41) is 0.976. The van der Waals surface area contributed by atoms with Gasteiger partial charge in [0.1, 0.15) is 5.65 Å². The standard InChI is InChI=1S/C11H9N3OS/c1-6-7-5-8(11(12)15)16-10-4-2-3-9(13-6)14(7)10/h2-5H,1H3,(H2,12,15). The fourth-order valence-corrected chi connectivity index (χ4v) is 2.76. The average molecular weight is 231 g/mol. The maximum absolute atomic E-state index is 11.2. The molecule has 16 heavy (non-hydrogen) atoms. The highest BCUT2D eigenvalue weighted by Gasteiger charge is 2.19. The number of pyridine rings is 1. The Labute approximate surface area is 96.2 Å². The quantitative estimate of drug-likeness (QED) is 0.810. The van der Waals surface area contributed by atoms with Crippen molar-refractivity contribution in [3.05, 3.63) is 34.5 Å². The van der Waals surface area contributed by atoms with Gasteiger partial charge in [0, 0.05) is 0 Å². The summed E-state index contributed by atoms with van der Waals surface area (Å²) in [7, 11) is 0. The number of carbonyl (C=O) groups excluding carboxylic acids is 1. The van der Waals surface area contributed by atoms with E-state index < -0.39 is 5.91 Å². The number of hydrogen-bond donors (Lipinski definition) is 1. The second-order valence-electron chi connectivity index (χ2n) is 3.61. The van der Waals surface area contributed by atoms with E-state index in [9.17, 15) is 4.79 Å². The number of nitrogens with two attached hydrogens (primary N) is 1. The van der Waals surface area contributed by atoms with Gasteiger partial charge in [-0.1, -0.05) is 17.8 Å². The highest BCUT2D eigenvalue weighted by atomic mass is 32.2. The molecule has 0 atom stereocenters. The fourth-order valence-electron chi connectivity index (χ4n) is 1.84. The molecule has 2 aromatic rings. The van der Waals surface area contributed by atoms with Gasteiger partial charge in [0.25, 0.3) is 5.91 Å². The largest absolute Gasteiger partial charge is 0.365 e. The number of amides is 1. The predicted molar refractivity (Wildman–Crippen MR) is 63.0 cm³/mol. The van der Waals surface area contributed by atoms with Crippen molar-refractivity contribution in [2.75, 3.05) is 0 Å². The number of thioether (sulfide) groups is 1. The van der Waals surface area contributed by atoms with Crippen LogP contribution >= 0.6 is 11.8 Å². The van der Waals surface area contributed by atoms with Crippen LogP contribution in [-0.4, -0.2) is 15.3 Å². The zero-order valence-electron chi connectivity index (χ0n) is 8.60. The van der Waals surface area contributed by atoms with Gasteiger partial charge >= 0.3 is 0 Å². The van der Waals surface area contributed by atoms with Crippen LogP contribution in [0.1, 0.15) is 11.4 Å². The summed E-state index contributed by atoms with van der Waals surface area (Å²) in [6.45, 7) is 1.93. The average Bonchev–Trinajstić information content (AvgIpc) is 2.58. The smallest absolute Gasteiger partial charge is 0.255 e. The van der Waals surface area contributed by atoms with Gasteiger partial charge in [-0.2, -0.15) is 0 Å². The topological polar surface area (TPSA) is 60.4 Å². The Balaban J connectivity index is 2.38. The number of carbonyl (C=O) groups is 1. The molecule has 2 N–H and O–H groups in total. The molecule has 2 aromatic heterocycles. The second-order valence-corrected chi connectivity index (χ2v) is 4.68. The van der Waals surface area contributed by atoms with Crippen molar-refractivity contribution in [1.82, 2.24) is 9.38 Å². The number of aromatic nitrogens is 2. The Morgan fingerprint density at radius 2 is 2.31 bits per heavy atom. The Bertz CT molecular complexity index is 642. The third-order valence-electron chi connectivity index (χ3n) is 2.55. The minimum absolute atomic E-state index is 0.395. The molecule has 0 unspecified atom stereocenters. The van der Waals surface area contributed by atoms with E-state index in [1.54, 1.807) is 6.08 Å². The normalized spacial score (nSPS) is 13.9. The number of nitrogens with zero attached hydrogens (tertiary/aromatic N) is 2. The van der Waals surface area contributed by atoms with Crippen LogP contribution in [0, 0.1) is 6.92 Å². The van der Waals surface area contributed by atoms with Crippen molar-refractivity contribution in [2.45, 2.75) is 11.9 Å². The van der Waals surface area contributed by atoms with Crippen molar-refractivity contribution in [3.8, 4) is 0 Å². The zero-order valence-corrected chi connectivity index (χ0v) is 9.41. The number of imidazole rings is 1. The van der Waals surface area contributed by atoms with Crippen molar-refractivity contribution < 1.29 is 4.79 Å². The van der Waals surface area contributed by atoms with E-state index in [0.717, 1.165) is 22.1 Å². The van der Waals surface area contributed by atoms with Crippen LogP contribution in [0.15, 0.2) is 28.1 Å². The van der Waals surface area contributed by atoms with Gasteiger partial charge in [-0.15, -0.1) is 0 Å². The van der Waals surface area contributed by atoms with Gasteiger partial charge in [-0.3, -0.25) is 9.20 Å². The molecule has 0 bridgehead atoms. The highest BCUT2D eigenvalue weighted by Crippen LogP contribution is 2.35. The monoisotopic (exact) mass is 231 g/mol. The van der Waals surface area contributed by atoms with Gasteiger partial charge < -0.3 is 5.73 Å². The molecule has 1 amide bonds. The van der Waals surface area contributed by atoms with Crippen LogP contribution in [0.25, 0.3) is 11.7 Å². The molecule has 1 aliphatic heterocycles. The summed E-state index contributed by atoms with van der Waals surface area (Å²) in [4.78, 5) is 16.2. The molecule has 80 valence electrons. The van der Waals surface area contributed by atoms with Gasteiger partial charge in [-0.05, 0) is 25.1 Å². The predicted octanol–water partition coefficient (Wildman–Crippen LogP) is 1.57. The summed E-state index contributed by atoms with van der Waals surface area (Å²) in [6.07, 6.45) is 1.80. The Hall–Kier alpha value is -1.75. The number of primary amides is 1. The molecule has 3 heterocycles. The summed E-state index contributed by atoms with van der Waals surface area (Å²) in [5.74, 6) is -0.395. The first-order valence-corrected chi connectivity index (χ1v) is 5.66. The molecule has 0 fully saturated rings. The summed E-state index contributed by atoms with van der Waals surface area (Å²) in [5.41, 5.74) is 8.06. The molecule has 0 radical (unpaired) electrons. The SMILES string of the molecule is Cc1nc2cccc3n2c1C=C(C(N)=O)S3. The maximum Gasteiger partial charge on any atom is 0.255 e. The van der Waals surface area contributed by atoms with E-state index >= 15 is 0 Å². The number of aryl methyl sites for hydroxylation is 1. The van der Waals surface area contributed by atoms with Crippen molar-refractivity contribution in [3.63, 3.8) is 0 Å². The second kappa shape index (κ2) is 3.12. The van der Waals surface area contributed by atoms with Crippen molar-refractivity contribution >= 4 is 29.4 Å². The van der Waals surface area contributed by atoms with E-state index in [1.807, 2.05) is 29.5 Å². The molecule has 3 rings (SSSR count). The van der Waals surface area contributed by atoms with Crippen molar-refractivity contribution in [1.29, 1.82) is 0 Å². The van der Waals surface area contributed by atoms with Gasteiger partial charge in [-0.25, -0.2) is 4.98 Å². The van der Waals surface area contributed by atoms with E-state index in [1.165, 1.54) is 11.8 Å². The number of rotatable bonds is 1. The zero-order chi connectivity index (χ0) is 11.3.